The Labute approximate surface area is 143 Å². The normalized spacial score (nSPS) is 12.5. The van der Waals surface area contributed by atoms with Gasteiger partial charge in [0.15, 0.2) is 0 Å². The fraction of sp³-hybridized carbons (Fsp3) is 0.111. The summed E-state index contributed by atoms with van der Waals surface area (Å²) in [5.41, 5.74) is 3.79. The summed E-state index contributed by atoms with van der Waals surface area (Å²) in [7, 11) is 0. The molecule has 2 N–H and O–H groups in total. The highest BCUT2D eigenvalue weighted by Crippen LogP contribution is 2.29. The standard InChI is InChI=1S/C18H13ClFN3.H2O/c1-11-21-9-13-10-22-18(14-4-2-3-5-16(14)20)15-8-12(19)6-7-17(15)23(11)13;/h2-9H,10H2,1H3;1H2. The molecule has 0 unspecified atom stereocenters. The van der Waals surface area contributed by atoms with Crippen LogP contribution in [-0.2, 0) is 6.54 Å². The molecule has 1 aliphatic heterocycles. The molecule has 2 heterocycles. The van der Waals surface area contributed by atoms with Crippen LogP contribution in [0.15, 0.2) is 53.7 Å². The molecule has 0 spiro atoms. The minimum absolute atomic E-state index is 0. The number of aliphatic imine (C=N–C) groups is 1. The Morgan fingerprint density at radius 3 is 2.71 bits per heavy atom. The van der Waals surface area contributed by atoms with Crippen molar-refractivity contribution in [3.8, 4) is 5.69 Å². The van der Waals surface area contributed by atoms with E-state index in [1.54, 1.807) is 12.1 Å². The number of rotatable bonds is 1. The Bertz CT molecular complexity index is 949. The van der Waals surface area contributed by atoms with Crippen molar-refractivity contribution in [2.75, 3.05) is 0 Å². The number of hydrogen-bond donors (Lipinski definition) is 0. The molecule has 1 aromatic heterocycles. The maximum absolute atomic E-state index is 14.3. The monoisotopic (exact) mass is 343 g/mol. The lowest BCUT2D eigenvalue weighted by Crippen LogP contribution is -2.09. The van der Waals surface area contributed by atoms with Gasteiger partial charge in [0.05, 0.1) is 29.8 Å². The summed E-state index contributed by atoms with van der Waals surface area (Å²) in [6.07, 6.45) is 1.81. The fourth-order valence-electron chi connectivity index (χ4n) is 2.95. The van der Waals surface area contributed by atoms with Crippen LogP contribution >= 0.6 is 11.6 Å². The van der Waals surface area contributed by atoms with Gasteiger partial charge in [0.25, 0.3) is 0 Å². The third-order valence-corrected chi connectivity index (χ3v) is 4.23. The number of nitrogens with zero attached hydrogens (tertiary/aromatic N) is 3. The van der Waals surface area contributed by atoms with Crippen LogP contribution < -0.4 is 0 Å². The molecule has 0 bridgehead atoms. The third-order valence-electron chi connectivity index (χ3n) is 3.99. The fourth-order valence-corrected chi connectivity index (χ4v) is 3.13. The molecule has 2 aromatic carbocycles. The second-order valence-corrected chi connectivity index (χ2v) is 5.87. The van der Waals surface area contributed by atoms with E-state index in [4.69, 9.17) is 11.6 Å². The Morgan fingerprint density at radius 1 is 1.12 bits per heavy atom. The molecule has 1 aliphatic rings. The van der Waals surface area contributed by atoms with Gasteiger partial charge < -0.3 is 5.48 Å². The molecule has 0 saturated heterocycles. The van der Waals surface area contributed by atoms with Gasteiger partial charge in [-0.15, -0.1) is 0 Å². The molecule has 6 heteroatoms. The minimum Gasteiger partial charge on any atom is -0.412 e. The number of imidazole rings is 1. The number of benzene rings is 2. The lowest BCUT2D eigenvalue weighted by molar-refractivity contribution is 0.625. The molecule has 0 fully saturated rings. The SMILES string of the molecule is Cc1ncc2n1-c1ccc(Cl)cc1C(c1ccccc1F)=NC2.O. The van der Waals surface area contributed by atoms with Crippen molar-refractivity contribution in [3.05, 3.63) is 82.1 Å². The van der Waals surface area contributed by atoms with E-state index in [9.17, 15) is 4.39 Å². The lowest BCUT2D eigenvalue weighted by Gasteiger charge is -2.14. The van der Waals surface area contributed by atoms with Gasteiger partial charge in [0.1, 0.15) is 11.6 Å². The smallest absolute Gasteiger partial charge is 0.132 e. The predicted octanol–water partition coefficient (Wildman–Crippen LogP) is 3.50. The summed E-state index contributed by atoms with van der Waals surface area (Å²) in [6.45, 7) is 2.38. The Morgan fingerprint density at radius 2 is 1.92 bits per heavy atom. The van der Waals surface area contributed by atoms with Crippen LogP contribution in [0.25, 0.3) is 5.69 Å². The highest BCUT2D eigenvalue weighted by Gasteiger charge is 2.22. The van der Waals surface area contributed by atoms with Gasteiger partial charge in [0.2, 0.25) is 0 Å². The number of halogens is 2. The number of aromatic nitrogens is 2. The van der Waals surface area contributed by atoms with Crippen molar-refractivity contribution in [1.82, 2.24) is 9.55 Å². The van der Waals surface area contributed by atoms with Crippen molar-refractivity contribution in [3.63, 3.8) is 0 Å². The zero-order valence-corrected chi connectivity index (χ0v) is 13.7. The van der Waals surface area contributed by atoms with Gasteiger partial charge in [-0.25, -0.2) is 9.37 Å². The van der Waals surface area contributed by atoms with E-state index >= 15 is 0 Å². The van der Waals surface area contributed by atoms with Crippen LogP contribution in [0.5, 0.6) is 0 Å². The predicted molar refractivity (Wildman–Crippen MR) is 92.7 cm³/mol. The van der Waals surface area contributed by atoms with E-state index in [1.807, 2.05) is 42.0 Å². The quantitative estimate of drug-likeness (QED) is 0.667. The maximum atomic E-state index is 14.3. The Hall–Kier alpha value is -2.50. The molecule has 0 aliphatic carbocycles. The first-order valence-corrected chi connectivity index (χ1v) is 7.66. The lowest BCUT2D eigenvalue weighted by atomic mass is 10.00. The first kappa shape index (κ1) is 16.4. The second-order valence-electron chi connectivity index (χ2n) is 5.44. The summed E-state index contributed by atoms with van der Waals surface area (Å²) in [5.74, 6) is 0.576. The maximum Gasteiger partial charge on any atom is 0.132 e. The van der Waals surface area contributed by atoms with E-state index < -0.39 is 0 Å². The van der Waals surface area contributed by atoms with Crippen molar-refractivity contribution in [1.29, 1.82) is 0 Å². The average Bonchev–Trinajstić information content (AvgIpc) is 2.82. The summed E-state index contributed by atoms with van der Waals surface area (Å²) < 4.78 is 16.3. The van der Waals surface area contributed by atoms with Crippen molar-refractivity contribution >= 4 is 17.3 Å². The van der Waals surface area contributed by atoms with E-state index in [1.165, 1.54) is 6.07 Å². The van der Waals surface area contributed by atoms with Crippen LogP contribution in [0.3, 0.4) is 0 Å². The topological polar surface area (TPSA) is 61.7 Å². The molecule has 0 radical (unpaired) electrons. The van der Waals surface area contributed by atoms with Gasteiger partial charge in [-0.2, -0.15) is 0 Å². The summed E-state index contributed by atoms with van der Waals surface area (Å²) in [6, 6.07) is 12.3. The van der Waals surface area contributed by atoms with Crippen LogP contribution in [0.4, 0.5) is 4.39 Å². The van der Waals surface area contributed by atoms with Crippen LogP contribution in [0.2, 0.25) is 5.02 Å². The van der Waals surface area contributed by atoms with Crippen LogP contribution in [-0.4, -0.2) is 20.7 Å². The first-order valence-electron chi connectivity index (χ1n) is 7.28. The van der Waals surface area contributed by atoms with Gasteiger partial charge in [0, 0.05) is 16.1 Å². The van der Waals surface area contributed by atoms with Gasteiger partial charge in [-0.3, -0.25) is 9.56 Å². The van der Waals surface area contributed by atoms with Crippen LogP contribution in [0, 0.1) is 12.7 Å². The van der Waals surface area contributed by atoms with Crippen LogP contribution in [0.1, 0.15) is 22.6 Å². The van der Waals surface area contributed by atoms with Crippen molar-refractivity contribution in [2.24, 2.45) is 4.99 Å². The molecule has 4 rings (SSSR count). The largest absolute Gasteiger partial charge is 0.412 e. The zero-order chi connectivity index (χ0) is 16.0. The van der Waals surface area contributed by atoms with Gasteiger partial charge >= 0.3 is 0 Å². The average molecular weight is 344 g/mol. The summed E-state index contributed by atoms with van der Waals surface area (Å²) in [4.78, 5) is 9.01. The summed E-state index contributed by atoms with van der Waals surface area (Å²) in [5, 5.41) is 0.592. The molecule has 122 valence electrons. The van der Waals surface area contributed by atoms with E-state index in [2.05, 4.69) is 9.98 Å². The van der Waals surface area contributed by atoms with E-state index in [0.29, 0.717) is 22.8 Å². The molecule has 0 saturated carbocycles. The van der Waals surface area contributed by atoms with E-state index in [0.717, 1.165) is 22.8 Å². The number of fused-ring (bicyclic) bond motifs is 3. The summed E-state index contributed by atoms with van der Waals surface area (Å²) >= 11 is 6.19. The molecular formula is C18H15ClFN3O. The van der Waals surface area contributed by atoms with Crippen molar-refractivity contribution in [2.45, 2.75) is 13.5 Å². The molecule has 3 aromatic rings. The zero-order valence-electron chi connectivity index (χ0n) is 12.9. The number of aryl methyl sites for hydroxylation is 1. The molecule has 24 heavy (non-hydrogen) atoms. The molecular weight excluding hydrogens is 329 g/mol. The molecule has 0 amide bonds. The second kappa shape index (κ2) is 6.19. The molecule has 0 atom stereocenters. The van der Waals surface area contributed by atoms with E-state index in [-0.39, 0.29) is 11.3 Å². The number of hydrogen-bond acceptors (Lipinski definition) is 2. The highest BCUT2D eigenvalue weighted by atomic mass is 35.5. The Kier molecular flexibility index (Phi) is 4.22. The minimum atomic E-state index is -0.293. The third kappa shape index (κ3) is 2.52. The van der Waals surface area contributed by atoms with Crippen molar-refractivity contribution < 1.29 is 9.87 Å². The first-order chi connectivity index (χ1) is 11.1. The highest BCUT2D eigenvalue weighted by molar-refractivity contribution is 6.31. The molecule has 4 nitrogen and oxygen atoms in total. The van der Waals surface area contributed by atoms with Gasteiger partial charge in [-0.1, -0.05) is 23.7 Å². The van der Waals surface area contributed by atoms with Gasteiger partial charge in [-0.05, 0) is 37.3 Å². The Balaban J connectivity index is 0.00000169.